The molecule has 0 aliphatic heterocycles. The first-order valence-corrected chi connectivity index (χ1v) is 10.6. The molecular formula is C23H25N3S. The molecule has 5 rings (SSSR count). The lowest BCUT2D eigenvalue weighted by atomic mass is 9.70. The smallest absolute Gasteiger partial charge is 0.203 e. The van der Waals surface area contributed by atoms with E-state index in [9.17, 15) is 0 Å². The van der Waals surface area contributed by atoms with Gasteiger partial charge in [-0.1, -0.05) is 68.5 Å². The van der Waals surface area contributed by atoms with Crippen molar-refractivity contribution in [2.75, 3.05) is 5.43 Å². The van der Waals surface area contributed by atoms with Crippen LogP contribution in [0.4, 0.5) is 5.13 Å². The van der Waals surface area contributed by atoms with Gasteiger partial charge in [0.25, 0.3) is 0 Å². The number of benzene rings is 2. The third-order valence-corrected chi connectivity index (χ3v) is 8.29. The van der Waals surface area contributed by atoms with Crippen molar-refractivity contribution >= 4 is 33.0 Å². The van der Waals surface area contributed by atoms with Gasteiger partial charge >= 0.3 is 0 Å². The van der Waals surface area contributed by atoms with Gasteiger partial charge in [-0.2, -0.15) is 5.10 Å². The van der Waals surface area contributed by atoms with E-state index in [1.54, 1.807) is 11.3 Å². The number of thiazole rings is 1. The van der Waals surface area contributed by atoms with Crippen LogP contribution in [-0.2, 0) is 0 Å². The van der Waals surface area contributed by atoms with Crippen LogP contribution in [0.15, 0.2) is 53.8 Å². The van der Waals surface area contributed by atoms with Gasteiger partial charge in [-0.25, -0.2) is 4.98 Å². The first-order valence-electron chi connectivity index (χ1n) is 9.75. The predicted molar refractivity (Wildman–Crippen MR) is 115 cm³/mol. The van der Waals surface area contributed by atoms with Crippen molar-refractivity contribution in [3.8, 4) is 10.4 Å². The molecule has 2 atom stereocenters. The van der Waals surface area contributed by atoms with Crippen molar-refractivity contribution in [2.45, 2.75) is 40.0 Å². The molecule has 2 aliphatic rings. The van der Waals surface area contributed by atoms with Gasteiger partial charge in [-0.3, -0.25) is 5.43 Å². The molecule has 0 saturated heterocycles. The van der Waals surface area contributed by atoms with Crippen molar-refractivity contribution in [3.63, 3.8) is 0 Å². The zero-order valence-corrected chi connectivity index (χ0v) is 16.9. The lowest BCUT2D eigenvalue weighted by Gasteiger charge is -2.34. The Bertz CT molecular complexity index is 1050. The molecule has 0 radical (unpaired) electrons. The Balaban J connectivity index is 1.38. The van der Waals surface area contributed by atoms with Crippen LogP contribution >= 0.6 is 11.3 Å². The first kappa shape index (κ1) is 16.9. The monoisotopic (exact) mass is 375 g/mol. The first-order chi connectivity index (χ1) is 13.0. The minimum atomic E-state index is 0.225. The van der Waals surface area contributed by atoms with Crippen LogP contribution in [0, 0.1) is 16.7 Å². The van der Waals surface area contributed by atoms with Crippen LogP contribution in [0.2, 0.25) is 0 Å². The molecule has 2 unspecified atom stereocenters. The molecule has 3 aromatic rings. The summed E-state index contributed by atoms with van der Waals surface area (Å²) in [7, 11) is 0. The van der Waals surface area contributed by atoms with E-state index in [1.165, 1.54) is 39.8 Å². The van der Waals surface area contributed by atoms with Crippen LogP contribution in [0.3, 0.4) is 0 Å². The third-order valence-electron chi connectivity index (χ3n) is 7.34. The third kappa shape index (κ3) is 2.53. The largest absolute Gasteiger partial charge is 0.253 e. The second kappa shape index (κ2) is 5.90. The van der Waals surface area contributed by atoms with Gasteiger partial charge in [-0.15, -0.1) is 0 Å². The molecule has 1 heterocycles. The number of hydrogen-bond acceptors (Lipinski definition) is 4. The van der Waals surface area contributed by atoms with E-state index < -0.39 is 0 Å². The second-order valence-electron chi connectivity index (χ2n) is 8.76. The van der Waals surface area contributed by atoms with E-state index >= 15 is 0 Å². The van der Waals surface area contributed by atoms with Crippen molar-refractivity contribution in [1.29, 1.82) is 0 Å². The number of nitrogens with one attached hydrogen (secondary N) is 1. The molecule has 138 valence electrons. The fourth-order valence-corrected chi connectivity index (χ4v) is 5.77. The van der Waals surface area contributed by atoms with E-state index in [1.807, 2.05) is 6.20 Å². The maximum absolute atomic E-state index is 4.82. The standard InChI is InChI=1S/C23H25N3S/c1-22(2)18-10-11-23(22,3)20(13-18)25-26-21-24-14-19(27-21)17-9-8-15-6-4-5-7-16(15)12-17/h4-9,12,14,18H,10-11,13H2,1-3H3,(H,24,26)/b25-20-. The van der Waals surface area contributed by atoms with Crippen LogP contribution in [-0.4, -0.2) is 10.7 Å². The number of nitrogens with zero attached hydrogens (tertiary/aromatic N) is 2. The summed E-state index contributed by atoms with van der Waals surface area (Å²) >= 11 is 1.67. The van der Waals surface area contributed by atoms with Crippen molar-refractivity contribution in [1.82, 2.24) is 4.98 Å². The molecule has 2 aromatic carbocycles. The fourth-order valence-electron chi connectivity index (χ4n) is 5.01. The Morgan fingerprint density at radius 1 is 1.11 bits per heavy atom. The average Bonchev–Trinajstić information content (AvgIpc) is 3.28. The summed E-state index contributed by atoms with van der Waals surface area (Å²) in [4.78, 5) is 5.72. The molecule has 2 bridgehead atoms. The molecule has 4 heteroatoms. The van der Waals surface area contributed by atoms with Crippen LogP contribution in [0.25, 0.3) is 21.2 Å². The van der Waals surface area contributed by atoms with Gasteiger partial charge in [0, 0.05) is 17.3 Å². The summed E-state index contributed by atoms with van der Waals surface area (Å²) in [5.41, 5.74) is 6.37. The summed E-state index contributed by atoms with van der Waals surface area (Å²) in [5.74, 6) is 0.771. The number of hydrogen-bond donors (Lipinski definition) is 1. The highest BCUT2D eigenvalue weighted by molar-refractivity contribution is 7.18. The maximum Gasteiger partial charge on any atom is 0.203 e. The fraction of sp³-hybridized carbons (Fsp3) is 0.391. The Morgan fingerprint density at radius 2 is 1.93 bits per heavy atom. The Kier molecular flexibility index (Phi) is 3.70. The predicted octanol–water partition coefficient (Wildman–Crippen LogP) is 6.58. The summed E-state index contributed by atoms with van der Waals surface area (Å²) in [6.07, 6.45) is 5.67. The minimum Gasteiger partial charge on any atom is -0.253 e. The molecule has 27 heavy (non-hydrogen) atoms. The van der Waals surface area contributed by atoms with Crippen molar-refractivity contribution < 1.29 is 0 Å². The van der Waals surface area contributed by atoms with Crippen LogP contribution in [0.5, 0.6) is 0 Å². The topological polar surface area (TPSA) is 37.3 Å². The normalized spacial score (nSPS) is 27.5. The van der Waals surface area contributed by atoms with Gasteiger partial charge in [0.2, 0.25) is 5.13 Å². The number of rotatable bonds is 3. The number of fused-ring (bicyclic) bond motifs is 3. The summed E-state index contributed by atoms with van der Waals surface area (Å²) in [5, 5.41) is 8.21. The zero-order chi connectivity index (χ0) is 18.6. The van der Waals surface area contributed by atoms with Gasteiger partial charge < -0.3 is 0 Å². The highest BCUT2D eigenvalue weighted by atomic mass is 32.1. The minimum absolute atomic E-state index is 0.225. The van der Waals surface area contributed by atoms with E-state index in [0.29, 0.717) is 5.41 Å². The molecule has 2 fully saturated rings. The lowest BCUT2D eigenvalue weighted by Crippen LogP contribution is -2.32. The Hall–Kier alpha value is -2.20. The molecule has 2 aliphatic carbocycles. The number of hydrazone groups is 1. The highest BCUT2D eigenvalue weighted by Gasteiger charge is 2.59. The summed E-state index contributed by atoms with van der Waals surface area (Å²) < 4.78 is 0. The van der Waals surface area contributed by atoms with Gasteiger partial charge in [0.15, 0.2) is 0 Å². The Morgan fingerprint density at radius 3 is 2.67 bits per heavy atom. The van der Waals surface area contributed by atoms with Crippen LogP contribution < -0.4 is 5.43 Å². The molecule has 3 nitrogen and oxygen atoms in total. The molecular weight excluding hydrogens is 350 g/mol. The molecule has 1 N–H and O–H groups in total. The van der Waals surface area contributed by atoms with Gasteiger partial charge in [0.1, 0.15) is 0 Å². The van der Waals surface area contributed by atoms with E-state index in [-0.39, 0.29) is 5.41 Å². The quantitative estimate of drug-likeness (QED) is 0.525. The second-order valence-corrected chi connectivity index (χ2v) is 9.79. The average molecular weight is 376 g/mol. The maximum atomic E-state index is 4.82. The molecule has 2 saturated carbocycles. The van der Waals surface area contributed by atoms with Crippen molar-refractivity contribution in [3.05, 3.63) is 48.7 Å². The van der Waals surface area contributed by atoms with Crippen LogP contribution in [0.1, 0.15) is 40.0 Å². The van der Waals surface area contributed by atoms with E-state index in [2.05, 4.69) is 73.6 Å². The zero-order valence-electron chi connectivity index (χ0n) is 16.1. The summed E-state index contributed by atoms with van der Waals surface area (Å²) in [6, 6.07) is 15.0. The van der Waals surface area contributed by atoms with Gasteiger partial charge in [0.05, 0.1) is 4.88 Å². The van der Waals surface area contributed by atoms with E-state index in [4.69, 9.17) is 5.10 Å². The molecule has 1 aromatic heterocycles. The highest BCUT2D eigenvalue weighted by Crippen LogP contribution is 2.63. The lowest BCUT2D eigenvalue weighted by molar-refractivity contribution is 0.194. The molecule has 0 spiro atoms. The number of aromatic nitrogens is 1. The SMILES string of the molecule is CC12CCC(C/C1=N/Nc1ncc(-c3ccc4ccccc4c3)s1)C2(C)C. The number of anilines is 1. The molecule has 0 amide bonds. The Labute approximate surface area is 164 Å². The summed E-state index contributed by atoms with van der Waals surface area (Å²) in [6.45, 7) is 7.21. The van der Waals surface area contributed by atoms with E-state index in [0.717, 1.165) is 17.5 Å². The van der Waals surface area contributed by atoms with Crippen molar-refractivity contribution in [2.24, 2.45) is 21.8 Å². The van der Waals surface area contributed by atoms with Gasteiger partial charge in [-0.05, 0) is 53.0 Å².